The maximum Gasteiger partial charge on any atom is 0.223 e. The lowest BCUT2D eigenvalue weighted by Crippen LogP contribution is -2.33. The van der Waals surface area contributed by atoms with Gasteiger partial charge in [0.25, 0.3) is 0 Å². The molecule has 0 aliphatic carbocycles. The van der Waals surface area contributed by atoms with Gasteiger partial charge in [0.05, 0.1) is 6.61 Å². The summed E-state index contributed by atoms with van der Waals surface area (Å²) in [5, 5.41) is 3.03. The van der Waals surface area contributed by atoms with Crippen LogP contribution in [0.3, 0.4) is 0 Å². The molecule has 4 heteroatoms. The monoisotopic (exact) mass is 279 g/mol. The molecule has 0 saturated carbocycles. The van der Waals surface area contributed by atoms with Gasteiger partial charge in [-0.1, -0.05) is 25.1 Å². The Hall–Kier alpha value is -1.16. The lowest BCUT2D eigenvalue weighted by Gasteiger charge is -2.13. The van der Waals surface area contributed by atoms with E-state index in [-0.39, 0.29) is 11.8 Å². The number of fused-ring (bicyclic) bond motifs is 1. The first kappa shape index (κ1) is 14.3. The van der Waals surface area contributed by atoms with Crippen LogP contribution in [0.5, 0.6) is 5.75 Å². The zero-order valence-electron chi connectivity index (χ0n) is 11.4. The van der Waals surface area contributed by atoms with Gasteiger partial charge in [0, 0.05) is 18.2 Å². The number of rotatable bonds is 5. The van der Waals surface area contributed by atoms with Gasteiger partial charge in [0.2, 0.25) is 5.91 Å². The van der Waals surface area contributed by atoms with E-state index in [1.807, 2.05) is 36.0 Å². The molecule has 0 spiro atoms. The lowest BCUT2D eigenvalue weighted by atomic mass is 9.96. The summed E-state index contributed by atoms with van der Waals surface area (Å²) in [6, 6.07) is 8.00. The molecule has 19 heavy (non-hydrogen) atoms. The van der Waals surface area contributed by atoms with E-state index in [0.717, 1.165) is 42.2 Å². The van der Waals surface area contributed by atoms with Gasteiger partial charge in [-0.25, -0.2) is 0 Å². The van der Waals surface area contributed by atoms with Gasteiger partial charge in [-0.15, -0.1) is 0 Å². The highest BCUT2D eigenvalue weighted by Crippen LogP contribution is 2.26. The molecule has 1 aromatic carbocycles. The smallest absolute Gasteiger partial charge is 0.223 e. The Balaban J connectivity index is 1.89. The summed E-state index contributed by atoms with van der Waals surface area (Å²) in [6.07, 6.45) is 1.57. The number of amides is 1. The van der Waals surface area contributed by atoms with E-state index in [1.165, 1.54) is 0 Å². The van der Waals surface area contributed by atoms with Gasteiger partial charge < -0.3 is 10.1 Å². The van der Waals surface area contributed by atoms with E-state index < -0.39 is 0 Å². The van der Waals surface area contributed by atoms with Gasteiger partial charge in [-0.3, -0.25) is 4.79 Å². The first-order chi connectivity index (χ1) is 9.31. The predicted molar refractivity (Wildman–Crippen MR) is 79.8 cm³/mol. The number of carbonyl (C=O) groups excluding carboxylic acids is 1. The van der Waals surface area contributed by atoms with Crippen LogP contribution in [0.15, 0.2) is 24.3 Å². The van der Waals surface area contributed by atoms with Crippen molar-refractivity contribution in [3.63, 3.8) is 0 Å². The van der Waals surface area contributed by atoms with Crippen LogP contribution in [-0.2, 0) is 11.2 Å². The minimum absolute atomic E-state index is 0.0373. The molecule has 0 saturated heterocycles. The second kappa shape index (κ2) is 7.43. The van der Waals surface area contributed by atoms with E-state index >= 15 is 0 Å². The molecule has 0 unspecified atom stereocenters. The molecule has 1 aliphatic rings. The number of ether oxygens (including phenoxy) is 1. The van der Waals surface area contributed by atoms with Crippen LogP contribution in [0.25, 0.3) is 0 Å². The fraction of sp³-hybridized carbons (Fsp3) is 0.533. The van der Waals surface area contributed by atoms with Crippen LogP contribution >= 0.6 is 11.8 Å². The molecule has 0 aromatic heterocycles. The molecule has 1 N–H and O–H groups in total. The molecule has 3 nitrogen and oxygen atoms in total. The fourth-order valence-electron chi connectivity index (χ4n) is 2.25. The van der Waals surface area contributed by atoms with E-state index in [9.17, 15) is 4.79 Å². The highest BCUT2D eigenvalue weighted by molar-refractivity contribution is 7.99. The average molecular weight is 279 g/mol. The Kier molecular flexibility index (Phi) is 5.58. The number of nitrogens with one attached hydrogen (secondary N) is 1. The summed E-state index contributed by atoms with van der Waals surface area (Å²) >= 11 is 1.85. The van der Waals surface area contributed by atoms with Crippen molar-refractivity contribution in [3.05, 3.63) is 29.8 Å². The Labute approximate surface area is 119 Å². The number of thioether (sulfide) groups is 1. The van der Waals surface area contributed by atoms with Gasteiger partial charge in [-0.2, -0.15) is 11.8 Å². The van der Waals surface area contributed by atoms with E-state index in [1.54, 1.807) is 0 Å². The highest BCUT2D eigenvalue weighted by atomic mass is 32.2. The molecule has 0 fully saturated rings. The quantitative estimate of drug-likeness (QED) is 0.842. The number of hydrogen-bond acceptors (Lipinski definition) is 3. The summed E-state index contributed by atoms with van der Waals surface area (Å²) in [5.74, 6) is 3.22. The van der Waals surface area contributed by atoms with Crippen LogP contribution in [0.4, 0.5) is 0 Å². The number of benzene rings is 1. The largest absolute Gasteiger partial charge is 0.493 e. The molecule has 1 aromatic rings. The van der Waals surface area contributed by atoms with E-state index in [0.29, 0.717) is 6.61 Å². The van der Waals surface area contributed by atoms with E-state index in [2.05, 4.69) is 12.2 Å². The molecular weight excluding hydrogens is 258 g/mol. The third-order valence-electron chi connectivity index (χ3n) is 3.28. The third-order valence-corrected chi connectivity index (χ3v) is 4.18. The lowest BCUT2D eigenvalue weighted by molar-refractivity contribution is -0.125. The molecule has 1 heterocycles. The van der Waals surface area contributed by atoms with Gasteiger partial charge in [-0.05, 0) is 30.2 Å². The van der Waals surface area contributed by atoms with Crippen LogP contribution in [0, 0.1) is 5.92 Å². The molecule has 0 radical (unpaired) electrons. The number of carbonyl (C=O) groups is 1. The van der Waals surface area contributed by atoms with Crippen molar-refractivity contribution in [1.82, 2.24) is 5.32 Å². The van der Waals surface area contributed by atoms with Gasteiger partial charge >= 0.3 is 0 Å². The van der Waals surface area contributed by atoms with Crippen LogP contribution < -0.4 is 10.1 Å². The average Bonchev–Trinajstić information content (AvgIpc) is 2.65. The van der Waals surface area contributed by atoms with Crippen LogP contribution in [0.1, 0.15) is 18.9 Å². The van der Waals surface area contributed by atoms with Crippen molar-refractivity contribution >= 4 is 17.7 Å². The maximum absolute atomic E-state index is 12.1. The molecule has 1 amide bonds. The van der Waals surface area contributed by atoms with E-state index in [4.69, 9.17) is 4.74 Å². The Morgan fingerprint density at radius 2 is 2.32 bits per heavy atom. The van der Waals surface area contributed by atoms with Crippen molar-refractivity contribution in [3.8, 4) is 5.75 Å². The molecular formula is C15H21NO2S. The minimum Gasteiger partial charge on any atom is -0.493 e. The Bertz CT molecular complexity index is 422. The Morgan fingerprint density at radius 3 is 3.16 bits per heavy atom. The van der Waals surface area contributed by atoms with Crippen LogP contribution in [-0.4, -0.2) is 30.6 Å². The number of hydrogen-bond donors (Lipinski definition) is 1. The Morgan fingerprint density at radius 1 is 1.47 bits per heavy atom. The van der Waals surface area contributed by atoms with Crippen molar-refractivity contribution in [1.29, 1.82) is 0 Å². The summed E-state index contributed by atoms with van der Waals surface area (Å²) < 4.78 is 5.69. The SMILES string of the molecule is CCSCCNC(=O)[C@H]1CCOc2ccccc2C1. The summed E-state index contributed by atoms with van der Waals surface area (Å²) in [4.78, 5) is 12.1. The van der Waals surface area contributed by atoms with Gasteiger partial charge in [0.1, 0.15) is 5.75 Å². The second-order valence-electron chi connectivity index (χ2n) is 4.63. The molecule has 1 atom stereocenters. The maximum atomic E-state index is 12.1. The first-order valence-corrected chi connectivity index (χ1v) is 8.03. The first-order valence-electron chi connectivity index (χ1n) is 6.87. The predicted octanol–water partition coefficient (Wildman–Crippen LogP) is 2.50. The molecule has 104 valence electrons. The fourth-order valence-corrected chi connectivity index (χ4v) is 2.79. The normalized spacial score (nSPS) is 18.1. The standard InChI is InChI=1S/C15H21NO2S/c1-2-19-10-8-16-15(17)13-7-9-18-14-6-4-3-5-12(14)11-13/h3-6,13H,2,7-11H2,1H3,(H,16,17)/t13-/m0/s1. The van der Waals surface area contributed by atoms with Crippen molar-refractivity contribution in [2.45, 2.75) is 19.8 Å². The molecule has 2 rings (SSSR count). The zero-order chi connectivity index (χ0) is 13.5. The molecule has 0 bridgehead atoms. The minimum atomic E-state index is 0.0373. The molecule has 1 aliphatic heterocycles. The van der Waals surface area contributed by atoms with Crippen molar-refractivity contribution in [2.75, 3.05) is 24.7 Å². The zero-order valence-corrected chi connectivity index (χ0v) is 12.2. The summed E-state index contributed by atoms with van der Waals surface area (Å²) in [5.41, 5.74) is 1.14. The van der Waals surface area contributed by atoms with Crippen molar-refractivity contribution < 1.29 is 9.53 Å². The van der Waals surface area contributed by atoms with Crippen molar-refractivity contribution in [2.24, 2.45) is 5.92 Å². The second-order valence-corrected chi connectivity index (χ2v) is 6.03. The van der Waals surface area contributed by atoms with Gasteiger partial charge in [0.15, 0.2) is 0 Å². The third kappa shape index (κ3) is 4.16. The van der Waals surface area contributed by atoms with Crippen LogP contribution in [0.2, 0.25) is 0 Å². The summed E-state index contributed by atoms with van der Waals surface area (Å²) in [7, 11) is 0. The summed E-state index contributed by atoms with van der Waals surface area (Å²) in [6.45, 7) is 3.52. The highest BCUT2D eigenvalue weighted by Gasteiger charge is 2.23. The number of para-hydroxylation sites is 1. The topological polar surface area (TPSA) is 38.3 Å².